The van der Waals surface area contributed by atoms with Gasteiger partial charge in [0.1, 0.15) is 17.7 Å². The molecule has 0 aliphatic heterocycles. The van der Waals surface area contributed by atoms with Gasteiger partial charge in [0.05, 0.1) is 11.6 Å². The van der Waals surface area contributed by atoms with E-state index in [0.717, 1.165) is 15.3 Å². The molecular formula is C14H14BrFO2S. The molecular weight excluding hydrogens is 331 g/mol. The summed E-state index contributed by atoms with van der Waals surface area (Å²) in [5, 5.41) is 10.4. The van der Waals surface area contributed by atoms with Crippen molar-refractivity contribution in [2.75, 3.05) is 7.11 Å². The Morgan fingerprint density at radius 1 is 1.32 bits per heavy atom. The van der Waals surface area contributed by atoms with Crippen molar-refractivity contribution >= 4 is 27.3 Å². The number of hydrogen-bond acceptors (Lipinski definition) is 3. The van der Waals surface area contributed by atoms with Crippen molar-refractivity contribution in [3.05, 3.63) is 49.4 Å². The first-order valence-electron chi connectivity index (χ1n) is 5.72. The largest absolute Gasteiger partial charge is 0.496 e. The van der Waals surface area contributed by atoms with Gasteiger partial charge < -0.3 is 9.84 Å². The molecule has 102 valence electrons. The molecule has 0 bridgehead atoms. The smallest absolute Gasteiger partial charge is 0.141 e. The number of rotatable bonds is 3. The Hall–Kier alpha value is -0.910. The van der Waals surface area contributed by atoms with Crippen LogP contribution in [0.1, 0.15) is 27.0 Å². The fourth-order valence-corrected chi connectivity index (χ4v) is 3.23. The van der Waals surface area contributed by atoms with Crippen LogP contribution < -0.4 is 4.74 Å². The van der Waals surface area contributed by atoms with Gasteiger partial charge in [-0.1, -0.05) is 0 Å². The van der Waals surface area contributed by atoms with E-state index in [0.29, 0.717) is 15.8 Å². The third-order valence-electron chi connectivity index (χ3n) is 3.02. The summed E-state index contributed by atoms with van der Waals surface area (Å²) < 4.78 is 18.9. The maximum atomic E-state index is 13.5. The molecule has 1 aromatic heterocycles. The lowest BCUT2D eigenvalue weighted by Gasteiger charge is -2.14. The van der Waals surface area contributed by atoms with Crippen molar-refractivity contribution in [2.45, 2.75) is 20.0 Å². The molecule has 0 aliphatic carbocycles. The number of benzene rings is 1. The van der Waals surface area contributed by atoms with Crippen LogP contribution in [-0.2, 0) is 0 Å². The average molecular weight is 345 g/mol. The maximum Gasteiger partial charge on any atom is 0.141 e. The summed E-state index contributed by atoms with van der Waals surface area (Å²) in [7, 11) is 1.46. The van der Waals surface area contributed by atoms with Crippen molar-refractivity contribution in [1.82, 2.24) is 0 Å². The first kappa shape index (κ1) is 14.5. The van der Waals surface area contributed by atoms with E-state index in [-0.39, 0.29) is 0 Å². The number of methoxy groups -OCH3 is 1. The van der Waals surface area contributed by atoms with Gasteiger partial charge in [-0.2, -0.15) is 0 Å². The predicted octanol–water partition coefficient (Wildman–Crippen LogP) is 4.36. The second-order valence-electron chi connectivity index (χ2n) is 4.30. The third kappa shape index (κ3) is 2.83. The number of aryl methyl sites for hydroxylation is 2. The van der Waals surface area contributed by atoms with Crippen LogP contribution in [-0.4, -0.2) is 12.2 Å². The van der Waals surface area contributed by atoms with Crippen molar-refractivity contribution in [1.29, 1.82) is 0 Å². The van der Waals surface area contributed by atoms with Gasteiger partial charge in [-0.05, 0) is 47.5 Å². The first-order chi connectivity index (χ1) is 8.93. The molecule has 5 heteroatoms. The minimum Gasteiger partial charge on any atom is -0.496 e. The van der Waals surface area contributed by atoms with Gasteiger partial charge in [-0.25, -0.2) is 4.39 Å². The average Bonchev–Trinajstić information content (AvgIpc) is 2.71. The number of halogens is 2. The maximum absolute atomic E-state index is 13.5. The van der Waals surface area contributed by atoms with Gasteiger partial charge in [-0.3, -0.25) is 0 Å². The van der Waals surface area contributed by atoms with Crippen molar-refractivity contribution < 1.29 is 14.2 Å². The molecule has 0 saturated carbocycles. The number of hydrogen-bond donors (Lipinski definition) is 1. The van der Waals surface area contributed by atoms with E-state index in [9.17, 15) is 9.50 Å². The van der Waals surface area contributed by atoms with Crippen LogP contribution in [0.15, 0.2) is 22.7 Å². The second kappa shape index (κ2) is 5.61. The molecule has 0 radical (unpaired) electrons. The summed E-state index contributed by atoms with van der Waals surface area (Å²) in [6.07, 6.45) is -0.816. The van der Waals surface area contributed by atoms with Gasteiger partial charge in [0, 0.05) is 21.4 Å². The molecule has 0 fully saturated rings. The molecule has 2 rings (SSSR count). The molecule has 0 amide bonds. The summed E-state index contributed by atoms with van der Waals surface area (Å²) in [5.41, 5.74) is 1.69. The van der Waals surface area contributed by atoms with E-state index in [1.807, 2.05) is 19.9 Å². The predicted molar refractivity (Wildman–Crippen MR) is 78.5 cm³/mol. The Bertz CT molecular complexity index is 590. The SMILES string of the molecule is COc1cc(F)c(Br)cc1C(O)c1cc(C)c(C)s1. The zero-order valence-electron chi connectivity index (χ0n) is 10.8. The highest BCUT2D eigenvalue weighted by Crippen LogP contribution is 2.37. The molecule has 1 N–H and O–H groups in total. The Morgan fingerprint density at radius 3 is 2.53 bits per heavy atom. The fourth-order valence-electron chi connectivity index (χ4n) is 1.82. The monoisotopic (exact) mass is 344 g/mol. The van der Waals surface area contributed by atoms with Gasteiger partial charge >= 0.3 is 0 Å². The molecule has 1 heterocycles. The number of aliphatic hydroxyl groups excluding tert-OH is 1. The topological polar surface area (TPSA) is 29.5 Å². The van der Waals surface area contributed by atoms with E-state index in [2.05, 4.69) is 15.9 Å². The number of aliphatic hydroxyl groups is 1. The molecule has 1 atom stereocenters. The zero-order valence-corrected chi connectivity index (χ0v) is 13.2. The van der Waals surface area contributed by atoms with E-state index in [4.69, 9.17) is 4.74 Å². The quantitative estimate of drug-likeness (QED) is 0.896. The van der Waals surface area contributed by atoms with Crippen LogP contribution in [0.4, 0.5) is 4.39 Å². The van der Waals surface area contributed by atoms with Crippen LogP contribution in [0, 0.1) is 19.7 Å². The fraction of sp³-hybridized carbons (Fsp3) is 0.286. The van der Waals surface area contributed by atoms with Crippen molar-refractivity contribution in [2.24, 2.45) is 0 Å². The lowest BCUT2D eigenvalue weighted by Crippen LogP contribution is -2.01. The molecule has 19 heavy (non-hydrogen) atoms. The number of ether oxygens (including phenoxy) is 1. The summed E-state index contributed by atoms with van der Waals surface area (Å²) >= 11 is 4.66. The molecule has 1 aromatic carbocycles. The second-order valence-corrected chi connectivity index (χ2v) is 6.44. The van der Waals surface area contributed by atoms with Crippen LogP contribution >= 0.6 is 27.3 Å². The van der Waals surface area contributed by atoms with Crippen molar-refractivity contribution in [3.8, 4) is 5.75 Å². The Kier molecular flexibility index (Phi) is 4.28. The molecule has 0 aliphatic rings. The number of thiophene rings is 1. The highest BCUT2D eigenvalue weighted by Gasteiger charge is 2.20. The molecule has 0 saturated heterocycles. The molecule has 2 nitrogen and oxygen atoms in total. The molecule has 1 unspecified atom stereocenters. The summed E-state index contributed by atoms with van der Waals surface area (Å²) in [6.45, 7) is 4.01. The summed E-state index contributed by atoms with van der Waals surface area (Å²) in [5.74, 6) is -0.0664. The van der Waals surface area contributed by atoms with Crippen LogP contribution in [0.25, 0.3) is 0 Å². The van der Waals surface area contributed by atoms with E-state index >= 15 is 0 Å². The Balaban J connectivity index is 2.48. The van der Waals surface area contributed by atoms with E-state index < -0.39 is 11.9 Å². The van der Waals surface area contributed by atoms with Gasteiger partial charge in [-0.15, -0.1) is 11.3 Å². The van der Waals surface area contributed by atoms with Gasteiger partial charge in [0.2, 0.25) is 0 Å². The standard InChI is InChI=1S/C14H14BrFO2S/c1-7-4-13(19-8(7)2)14(17)9-5-10(15)11(16)6-12(9)18-3/h4-6,14,17H,1-3H3. The van der Waals surface area contributed by atoms with Crippen LogP contribution in [0.3, 0.4) is 0 Å². The van der Waals surface area contributed by atoms with Crippen molar-refractivity contribution in [3.63, 3.8) is 0 Å². The van der Waals surface area contributed by atoms with Gasteiger partial charge in [0.25, 0.3) is 0 Å². The lowest BCUT2D eigenvalue weighted by atomic mass is 10.1. The minimum absolute atomic E-state index is 0.312. The molecule has 2 aromatic rings. The summed E-state index contributed by atoms with van der Waals surface area (Å²) in [6, 6.07) is 4.78. The minimum atomic E-state index is -0.816. The Labute approximate surface area is 124 Å². The zero-order chi connectivity index (χ0) is 14.2. The third-order valence-corrected chi connectivity index (χ3v) is 4.83. The van der Waals surface area contributed by atoms with E-state index in [1.165, 1.54) is 24.5 Å². The van der Waals surface area contributed by atoms with Crippen LogP contribution in [0.5, 0.6) is 5.75 Å². The lowest BCUT2D eigenvalue weighted by molar-refractivity contribution is 0.218. The first-order valence-corrected chi connectivity index (χ1v) is 7.33. The normalized spacial score (nSPS) is 12.5. The Morgan fingerprint density at radius 2 is 2.00 bits per heavy atom. The molecule has 0 spiro atoms. The highest BCUT2D eigenvalue weighted by molar-refractivity contribution is 9.10. The van der Waals surface area contributed by atoms with Gasteiger partial charge in [0.15, 0.2) is 0 Å². The van der Waals surface area contributed by atoms with E-state index in [1.54, 1.807) is 6.07 Å². The van der Waals surface area contributed by atoms with Crippen LogP contribution in [0.2, 0.25) is 0 Å². The highest BCUT2D eigenvalue weighted by atomic mass is 79.9. The summed E-state index contributed by atoms with van der Waals surface area (Å²) in [4.78, 5) is 1.99.